The first-order valence-corrected chi connectivity index (χ1v) is 9.57. The lowest BCUT2D eigenvalue weighted by atomic mass is 10.1. The lowest BCUT2D eigenvalue weighted by molar-refractivity contribution is -0.130. The van der Waals surface area contributed by atoms with Gasteiger partial charge in [0.1, 0.15) is 18.1 Å². The third-order valence-corrected chi connectivity index (χ3v) is 4.62. The summed E-state index contributed by atoms with van der Waals surface area (Å²) < 4.78 is 16.6. The first kappa shape index (κ1) is 20.5. The van der Waals surface area contributed by atoms with Crippen molar-refractivity contribution in [1.82, 2.24) is 9.88 Å². The Labute approximate surface area is 171 Å². The summed E-state index contributed by atoms with van der Waals surface area (Å²) in [5, 5.41) is 0. The van der Waals surface area contributed by atoms with Crippen molar-refractivity contribution in [2.75, 3.05) is 27.3 Å². The summed E-state index contributed by atoms with van der Waals surface area (Å²) in [7, 11) is 3.39. The Morgan fingerprint density at radius 1 is 1.07 bits per heavy atom. The van der Waals surface area contributed by atoms with Crippen LogP contribution >= 0.6 is 0 Å². The lowest BCUT2D eigenvalue weighted by Gasteiger charge is -2.17. The maximum atomic E-state index is 12.3. The molecule has 0 aliphatic rings. The molecule has 1 heterocycles. The van der Waals surface area contributed by atoms with E-state index in [9.17, 15) is 4.79 Å². The number of oxazole rings is 1. The SMILES string of the molecule is COc1ccc(OCCN(C)C(=O)CCc2ncc(-c3ccc(C)cc3)o2)cc1. The van der Waals surface area contributed by atoms with Gasteiger partial charge in [-0.3, -0.25) is 4.79 Å². The van der Waals surface area contributed by atoms with Crippen LogP contribution in [0.3, 0.4) is 0 Å². The van der Waals surface area contributed by atoms with E-state index in [4.69, 9.17) is 13.9 Å². The predicted molar refractivity (Wildman–Crippen MR) is 111 cm³/mol. The summed E-state index contributed by atoms with van der Waals surface area (Å²) in [4.78, 5) is 18.3. The monoisotopic (exact) mass is 394 g/mol. The number of benzene rings is 2. The van der Waals surface area contributed by atoms with Crippen LogP contribution in [0.25, 0.3) is 11.3 Å². The molecule has 3 aromatic rings. The summed E-state index contributed by atoms with van der Waals surface area (Å²) in [5.74, 6) is 2.83. The Bertz CT molecular complexity index is 917. The molecule has 29 heavy (non-hydrogen) atoms. The van der Waals surface area contributed by atoms with Crippen LogP contribution in [-0.4, -0.2) is 43.1 Å². The Morgan fingerprint density at radius 2 is 1.76 bits per heavy atom. The van der Waals surface area contributed by atoms with E-state index in [-0.39, 0.29) is 5.91 Å². The van der Waals surface area contributed by atoms with E-state index in [0.29, 0.717) is 37.6 Å². The topological polar surface area (TPSA) is 64.8 Å². The number of nitrogens with zero attached hydrogens (tertiary/aromatic N) is 2. The molecule has 1 aromatic heterocycles. The standard InChI is InChI=1S/C23H26N2O4/c1-17-4-6-18(7-5-17)21-16-24-22(29-21)12-13-23(26)25(2)14-15-28-20-10-8-19(27-3)9-11-20/h4-11,16H,12-15H2,1-3H3. The molecule has 0 N–H and O–H groups in total. The van der Waals surface area contributed by atoms with Crippen molar-refractivity contribution in [2.45, 2.75) is 19.8 Å². The minimum absolute atomic E-state index is 0.0263. The van der Waals surface area contributed by atoms with Gasteiger partial charge in [-0.05, 0) is 31.2 Å². The molecule has 0 aliphatic carbocycles. The molecule has 3 rings (SSSR count). The van der Waals surface area contributed by atoms with Crippen molar-refractivity contribution < 1.29 is 18.7 Å². The predicted octanol–water partition coefficient (Wildman–Crippen LogP) is 4.13. The van der Waals surface area contributed by atoms with E-state index < -0.39 is 0 Å². The molecule has 0 radical (unpaired) electrons. The molecule has 0 fully saturated rings. The van der Waals surface area contributed by atoms with Crippen LogP contribution in [0.1, 0.15) is 17.9 Å². The van der Waals surface area contributed by atoms with Gasteiger partial charge in [0.15, 0.2) is 11.7 Å². The molecule has 0 saturated carbocycles. The van der Waals surface area contributed by atoms with Crippen LogP contribution in [-0.2, 0) is 11.2 Å². The largest absolute Gasteiger partial charge is 0.497 e. The molecule has 0 aliphatic heterocycles. The smallest absolute Gasteiger partial charge is 0.222 e. The van der Waals surface area contributed by atoms with E-state index in [2.05, 4.69) is 4.98 Å². The van der Waals surface area contributed by atoms with Crippen LogP contribution in [0.4, 0.5) is 0 Å². The highest BCUT2D eigenvalue weighted by molar-refractivity contribution is 5.76. The Kier molecular flexibility index (Phi) is 6.89. The molecule has 0 bridgehead atoms. The van der Waals surface area contributed by atoms with Crippen molar-refractivity contribution in [3.63, 3.8) is 0 Å². The minimum Gasteiger partial charge on any atom is -0.497 e. The molecular weight excluding hydrogens is 368 g/mol. The van der Waals surface area contributed by atoms with Crippen molar-refractivity contribution in [2.24, 2.45) is 0 Å². The lowest BCUT2D eigenvalue weighted by Crippen LogP contribution is -2.31. The molecule has 0 atom stereocenters. The fourth-order valence-corrected chi connectivity index (χ4v) is 2.78. The number of hydrogen-bond acceptors (Lipinski definition) is 5. The van der Waals surface area contributed by atoms with Gasteiger partial charge < -0.3 is 18.8 Å². The van der Waals surface area contributed by atoms with Gasteiger partial charge in [-0.1, -0.05) is 29.8 Å². The highest BCUT2D eigenvalue weighted by Gasteiger charge is 2.12. The minimum atomic E-state index is 0.0263. The number of hydrogen-bond donors (Lipinski definition) is 0. The zero-order chi connectivity index (χ0) is 20.6. The number of likely N-dealkylation sites (N-methyl/N-ethyl adjacent to an activating group) is 1. The first-order valence-electron chi connectivity index (χ1n) is 9.57. The Morgan fingerprint density at radius 3 is 2.45 bits per heavy atom. The highest BCUT2D eigenvalue weighted by Crippen LogP contribution is 2.21. The normalized spacial score (nSPS) is 10.6. The second kappa shape index (κ2) is 9.78. The van der Waals surface area contributed by atoms with Crippen LogP contribution in [0.5, 0.6) is 11.5 Å². The van der Waals surface area contributed by atoms with Crippen molar-refractivity contribution in [3.05, 3.63) is 66.2 Å². The Hall–Kier alpha value is -3.28. The summed E-state index contributed by atoms with van der Waals surface area (Å²) in [6.07, 6.45) is 2.51. The Balaban J connectivity index is 1.42. The molecule has 6 nitrogen and oxygen atoms in total. The van der Waals surface area contributed by atoms with Gasteiger partial charge >= 0.3 is 0 Å². The van der Waals surface area contributed by atoms with Gasteiger partial charge in [-0.2, -0.15) is 0 Å². The number of carbonyl (C=O) groups excluding carboxylic acids is 1. The number of aromatic nitrogens is 1. The second-order valence-corrected chi connectivity index (χ2v) is 6.82. The number of aryl methyl sites for hydroxylation is 2. The van der Waals surface area contributed by atoms with Gasteiger partial charge in [0.25, 0.3) is 0 Å². The van der Waals surface area contributed by atoms with Gasteiger partial charge in [0.05, 0.1) is 19.9 Å². The number of amides is 1. The van der Waals surface area contributed by atoms with Gasteiger partial charge in [-0.25, -0.2) is 4.98 Å². The van der Waals surface area contributed by atoms with Crippen molar-refractivity contribution in [1.29, 1.82) is 0 Å². The van der Waals surface area contributed by atoms with E-state index in [1.807, 2.05) is 55.5 Å². The molecule has 6 heteroatoms. The average Bonchev–Trinajstić information content (AvgIpc) is 3.22. The molecule has 1 amide bonds. The first-order chi connectivity index (χ1) is 14.0. The zero-order valence-electron chi connectivity index (χ0n) is 17.1. The number of carbonyl (C=O) groups is 1. The molecular formula is C23H26N2O4. The van der Waals surface area contributed by atoms with Crippen LogP contribution in [0, 0.1) is 6.92 Å². The molecule has 0 unspecified atom stereocenters. The fourth-order valence-electron chi connectivity index (χ4n) is 2.78. The maximum Gasteiger partial charge on any atom is 0.222 e. The fraction of sp³-hybridized carbons (Fsp3) is 0.304. The van der Waals surface area contributed by atoms with Crippen LogP contribution < -0.4 is 9.47 Å². The van der Waals surface area contributed by atoms with Crippen LogP contribution in [0.15, 0.2) is 59.1 Å². The third kappa shape index (κ3) is 5.85. The molecule has 0 spiro atoms. The highest BCUT2D eigenvalue weighted by atomic mass is 16.5. The summed E-state index contributed by atoms with van der Waals surface area (Å²) in [5.41, 5.74) is 2.17. The van der Waals surface area contributed by atoms with Crippen molar-refractivity contribution >= 4 is 5.91 Å². The number of methoxy groups -OCH3 is 1. The molecule has 152 valence electrons. The van der Waals surface area contributed by atoms with E-state index in [0.717, 1.165) is 17.1 Å². The van der Waals surface area contributed by atoms with Crippen LogP contribution in [0.2, 0.25) is 0 Å². The molecule has 2 aromatic carbocycles. The zero-order valence-corrected chi connectivity index (χ0v) is 17.1. The summed E-state index contributed by atoms with van der Waals surface area (Å²) in [6, 6.07) is 15.4. The van der Waals surface area contributed by atoms with E-state index in [1.54, 1.807) is 25.3 Å². The van der Waals surface area contributed by atoms with Crippen molar-refractivity contribution in [3.8, 4) is 22.8 Å². The quantitative estimate of drug-likeness (QED) is 0.546. The maximum absolute atomic E-state index is 12.3. The number of rotatable bonds is 9. The van der Waals surface area contributed by atoms with E-state index in [1.165, 1.54) is 5.56 Å². The van der Waals surface area contributed by atoms with Gasteiger partial charge in [0, 0.05) is 25.5 Å². The van der Waals surface area contributed by atoms with Gasteiger partial charge in [0.2, 0.25) is 5.91 Å². The number of ether oxygens (including phenoxy) is 2. The second-order valence-electron chi connectivity index (χ2n) is 6.82. The third-order valence-electron chi connectivity index (χ3n) is 4.62. The summed E-state index contributed by atoms with van der Waals surface area (Å²) in [6.45, 7) is 2.97. The van der Waals surface area contributed by atoms with E-state index >= 15 is 0 Å². The average molecular weight is 394 g/mol. The van der Waals surface area contributed by atoms with Gasteiger partial charge in [-0.15, -0.1) is 0 Å². The summed E-state index contributed by atoms with van der Waals surface area (Å²) >= 11 is 0. The molecule has 0 saturated heterocycles.